The third kappa shape index (κ3) is 4.29. The zero-order valence-corrected chi connectivity index (χ0v) is 18.6. The van der Waals surface area contributed by atoms with Crippen molar-refractivity contribution in [3.63, 3.8) is 0 Å². The van der Waals surface area contributed by atoms with Crippen molar-refractivity contribution in [2.75, 3.05) is 18.6 Å². The van der Waals surface area contributed by atoms with Gasteiger partial charge < -0.3 is 14.6 Å². The van der Waals surface area contributed by atoms with E-state index >= 15 is 0 Å². The lowest BCUT2D eigenvalue weighted by Gasteiger charge is -2.30. The molecule has 0 saturated carbocycles. The number of Topliss-reactive ketones (excluding diaryl/α,β-unsaturated/α-hetero) is 1. The number of hydrogen-bond donors (Lipinski definition) is 1. The Bertz CT molecular complexity index is 1020. The number of ether oxygens (including phenoxy) is 2. The van der Waals surface area contributed by atoms with Crippen LogP contribution in [-0.4, -0.2) is 30.5 Å². The number of anilines is 1. The van der Waals surface area contributed by atoms with E-state index in [0.717, 1.165) is 6.42 Å². The summed E-state index contributed by atoms with van der Waals surface area (Å²) >= 11 is 0. The number of carbonyl (C=O) groups excluding carboxylic acids is 2. The van der Waals surface area contributed by atoms with E-state index in [1.165, 1.54) is 12.0 Å². The molecule has 6 heteroatoms. The fourth-order valence-corrected chi connectivity index (χ4v) is 3.64. The number of carbonyl (C=O) groups is 2. The second-order valence-corrected chi connectivity index (χ2v) is 8.51. The Hall–Kier alpha value is -3.28. The van der Waals surface area contributed by atoms with E-state index in [4.69, 9.17) is 9.47 Å². The molecule has 0 spiro atoms. The molecular weight excluding hydrogens is 394 g/mol. The van der Waals surface area contributed by atoms with Crippen LogP contribution in [0.2, 0.25) is 0 Å². The van der Waals surface area contributed by atoms with Crippen LogP contribution in [0.3, 0.4) is 0 Å². The molecule has 1 aliphatic heterocycles. The number of ketones is 1. The standard InChI is InChI=1S/C25H29NO5/c1-6-14-31-17-11-9-10-16(15-17)26-21(18-12-7-8-13-19(18)30-5)20(22(27)24(26)29)23(28)25(2,3)4/h7-13,15,21,27H,6,14H2,1-5H3. The zero-order chi connectivity index (χ0) is 22.8. The van der Waals surface area contributed by atoms with Crippen LogP contribution < -0.4 is 14.4 Å². The monoisotopic (exact) mass is 423 g/mol. The number of methoxy groups -OCH3 is 1. The van der Waals surface area contributed by atoms with Crippen molar-refractivity contribution in [3.05, 3.63) is 65.4 Å². The second kappa shape index (κ2) is 8.84. The molecule has 1 heterocycles. The molecule has 0 bridgehead atoms. The van der Waals surface area contributed by atoms with Gasteiger partial charge in [-0.2, -0.15) is 0 Å². The smallest absolute Gasteiger partial charge is 0.294 e. The average Bonchev–Trinajstić information content (AvgIpc) is 3.01. The molecule has 0 radical (unpaired) electrons. The highest BCUT2D eigenvalue weighted by Crippen LogP contribution is 2.46. The van der Waals surface area contributed by atoms with Gasteiger partial charge in [-0.15, -0.1) is 0 Å². The van der Waals surface area contributed by atoms with Gasteiger partial charge in [0.15, 0.2) is 11.5 Å². The molecule has 0 aromatic heterocycles. The van der Waals surface area contributed by atoms with Crippen LogP contribution in [0, 0.1) is 5.41 Å². The quantitative estimate of drug-likeness (QED) is 0.678. The van der Waals surface area contributed by atoms with Crippen molar-refractivity contribution in [1.82, 2.24) is 0 Å². The number of nitrogens with zero attached hydrogens (tertiary/aromatic N) is 1. The summed E-state index contributed by atoms with van der Waals surface area (Å²) in [5.74, 6) is -0.319. The molecule has 0 fully saturated rings. The van der Waals surface area contributed by atoms with E-state index in [9.17, 15) is 14.7 Å². The van der Waals surface area contributed by atoms with Gasteiger partial charge in [-0.3, -0.25) is 14.5 Å². The minimum absolute atomic E-state index is 0.0712. The fraction of sp³-hybridized carbons (Fsp3) is 0.360. The third-order valence-electron chi connectivity index (χ3n) is 5.14. The molecule has 6 nitrogen and oxygen atoms in total. The number of aliphatic hydroxyl groups is 1. The first kappa shape index (κ1) is 22.4. The third-order valence-corrected chi connectivity index (χ3v) is 5.14. The molecule has 2 aromatic rings. The maximum absolute atomic E-state index is 13.3. The number of hydrogen-bond acceptors (Lipinski definition) is 5. The van der Waals surface area contributed by atoms with E-state index in [1.807, 2.05) is 25.1 Å². The summed E-state index contributed by atoms with van der Waals surface area (Å²) in [6.45, 7) is 7.85. The highest BCUT2D eigenvalue weighted by Gasteiger charge is 2.47. The first-order valence-corrected chi connectivity index (χ1v) is 10.4. The van der Waals surface area contributed by atoms with Crippen LogP contribution in [0.1, 0.15) is 45.7 Å². The molecule has 2 aromatic carbocycles. The van der Waals surface area contributed by atoms with Gasteiger partial charge in [0.05, 0.1) is 25.3 Å². The first-order chi connectivity index (χ1) is 14.7. The SMILES string of the molecule is CCCOc1cccc(N2C(=O)C(O)=C(C(=O)C(C)(C)C)C2c2ccccc2OC)c1. The van der Waals surface area contributed by atoms with Crippen LogP contribution in [0.15, 0.2) is 59.9 Å². The molecule has 0 aliphatic carbocycles. The van der Waals surface area contributed by atoms with Crippen LogP contribution in [0.5, 0.6) is 11.5 Å². The number of benzene rings is 2. The summed E-state index contributed by atoms with van der Waals surface area (Å²) in [5.41, 5.74) is 0.431. The normalized spacial score (nSPS) is 16.6. The summed E-state index contributed by atoms with van der Waals surface area (Å²) in [4.78, 5) is 28.0. The van der Waals surface area contributed by atoms with E-state index in [-0.39, 0.29) is 11.4 Å². The highest BCUT2D eigenvalue weighted by atomic mass is 16.5. The minimum Gasteiger partial charge on any atom is -0.503 e. The van der Waals surface area contributed by atoms with Crippen LogP contribution >= 0.6 is 0 Å². The van der Waals surface area contributed by atoms with Gasteiger partial charge >= 0.3 is 0 Å². The van der Waals surface area contributed by atoms with Crippen LogP contribution in [0.25, 0.3) is 0 Å². The van der Waals surface area contributed by atoms with Crippen molar-refractivity contribution >= 4 is 17.4 Å². The summed E-state index contributed by atoms with van der Waals surface area (Å²) in [5, 5.41) is 10.8. The van der Waals surface area contributed by atoms with Gasteiger partial charge in [-0.05, 0) is 24.6 Å². The number of amides is 1. The fourth-order valence-electron chi connectivity index (χ4n) is 3.64. The van der Waals surface area contributed by atoms with Gasteiger partial charge in [0.1, 0.15) is 11.5 Å². The van der Waals surface area contributed by atoms with Crippen LogP contribution in [0.4, 0.5) is 5.69 Å². The maximum atomic E-state index is 13.3. The predicted molar refractivity (Wildman–Crippen MR) is 120 cm³/mol. The Kier molecular flexibility index (Phi) is 6.39. The van der Waals surface area contributed by atoms with Crippen LogP contribution in [-0.2, 0) is 9.59 Å². The van der Waals surface area contributed by atoms with Crippen molar-refractivity contribution in [1.29, 1.82) is 0 Å². The van der Waals surface area contributed by atoms with E-state index in [2.05, 4.69) is 0 Å². The minimum atomic E-state index is -0.822. The van der Waals surface area contributed by atoms with Crippen molar-refractivity contribution in [3.8, 4) is 11.5 Å². The molecule has 164 valence electrons. The Morgan fingerprint density at radius 2 is 1.84 bits per heavy atom. The first-order valence-electron chi connectivity index (χ1n) is 10.4. The van der Waals surface area contributed by atoms with Crippen molar-refractivity contribution < 1.29 is 24.2 Å². The Balaban J connectivity index is 2.19. The second-order valence-electron chi connectivity index (χ2n) is 8.51. The predicted octanol–water partition coefficient (Wildman–Crippen LogP) is 5.00. The molecule has 1 aliphatic rings. The lowest BCUT2D eigenvalue weighted by molar-refractivity contribution is -0.123. The molecule has 31 heavy (non-hydrogen) atoms. The average molecular weight is 424 g/mol. The molecule has 1 amide bonds. The van der Waals surface area contributed by atoms with Gasteiger partial charge in [0, 0.05) is 22.7 Å². The van der Waals surface area contributed by atoms with Gasteiger partial charge in [0.25, 0.3) is 5.91 Å². The molecule has 1 N–H and O–H groups in total. The molecule has 0 saturated heterocycles. The highest BCUT2D eigenvalue weighted by molar-refractivity contribution is 6.17. The Morgan fingerprint density at radius 3 is 2.48 bits per heavy atom. The van der Waals surface area contributed by atoms with E-state index < -0.39 is 23.1 Å². The van der Waals surface area contributed by atoms with Gasteiger partial charge in [0.2, 0.25) is 0 Å². The summed E-state index contributed by atoms with van der Waals surface area (Å²) in [6.07, 6.45) is 0.850. The summed E-state index contributed by atoms with van der Waals surface area (Å²) < 4.78 is 11.3. The molecule has 1 unspecified atom stereocenters. The lowest BCUT2D eigenvalue weighted by atomic mass is 9.82. The number of rotatable bonds is 7. The maximum Gasteiger partial charge on any atom is 0.294 e. The molecule has 3 rings (SSSR count). The summed E-state index contributed by atoms with van der Waals surface area (Å²) in [6, 6.07) is 13.5. The van der Waals surface area contributed by atoms with Gasteiger partial charge in [-0.1, -0.05) is 52.0 Å². The van der Waals surface area contributed by atoms with E-state index in [0.29, 0.717) is 29.4 Å². The molecular formula is C25H29NO5. The van der Waals surface area contributed by atoms with Crippen molar-refractivity contribution in [2.24, 2.45) is 5.41 Å². The van der Waals surface area contributed by atoms with Crippen molar-refractivity contribution in [2.45, 2.75) is 40.2 Å². The largest absolute Gasteiger partial charge is 0.503 e. The molecule has 1 atom stereocenters. The number of para-hydroxylation sites is 1. The lowest BCUT2D eigenvalue weighted by Crippen LogP contribution is -2.33. The summed E-state index contributed by atoms with van der Waals surface area (Å²) in [7, 11) is 1.54. The zero-order valence-electron chi connectivity index (χ0n) is 18.6. The van der Waals surface area contributed by atoms with Gasteiger partial charge in [-0.25, -0.2) is 0 Å². The van der Waals surface area contributed by atoms with E-state index in [1.54, 1.807) is 51.1 Å². The Labute approximate surface area is 183 Å². The Morgan fingerprint density at radius 1 is 1.13 bits per heavy atom. The topological polar surface area (TPSA) is 76.1 Å². The number of aliphatic hydroxyl groups excluding tert-OH is 1.